The highest BCUT2D eigenvalue weighted by atomic mass is 35.5. The number of fused-ring (bicyclic) bond motifs is 1. The number of anilines is 1. The Labute approximate surface area is 209 Å². The van der Waals surface area contributed by atoms with E-state index >= 15 is 0 Å². The maximum absolute atomic E-state index is 13.8. The number of nitrogens with zero attached hydrogens (tertiary/aromatic N) is 5. The molecule has 0 amide bonds. The molecule has 0 aliphatic carbocycles. The molecule has 0 saturated carbocycles. The van der Waals surface area contributed by atoms with Gasteiger partial charge in [0, 0.05) is 56.8 Å². The molecule has 1 fully saturated rings. The normalized spacial score (nSPS) is 17.3. The molecule has 0 N–H and O–H groups in total. The van der Waals surface area contributed by atoms with Gasteiger partial charge in [-0.05, 0) is 43.4 Å². The number of sulfonamides is 1. The third kappa shape index (κ3) is 5.11. The van der Waals surface area contributed by atoms with Crippen molar-refractivity contribution in [3.8, 4) is 11.6 Å². The first-order valence-corrected chi connectivity index (χ1v) is 13.1. The van der Waals surface area contributed by atoms with Crippen LogP contribution in [0.5, 0.6) is 11.6 Å². The summed E-state index contributed by atoms with van der Waals surface area (Å²) in [5.74, 6) is 0.632. The quantitative estimate of drug-likeness (QED) is 0.512. The van der Waals surface area contributed by atoms with Gasteiger partial charge < -0.3 is 14.5 Å². The van der Waals surface area contributed by atoms with Gasteiger partial charge in [-0.3, -0.25) is 0 Å². The van der Waals surface area contributed by atoms with Crippen molar-refractivity contribution in [3.05, 3.63) is 70.6 Å². The second-order valence-electron chi connectivity index (χ2n) is 8.65. The Bertz CT molecular complexity index is 1330. The number of ether oxygens (including phenoxy) is 1. The number of likely N-dealkylation sites (N-methyl/N-ethyl adjacent to an activating group) is 1. The number of halogens is 2. The van der Waals surface area contributed by atoms with Crippen LogP contribution in [0.25, 0.3) is 0 Å². The first-order chi connectivity index (χ1) is 16.8. The summed E-state index contributed by atoms with van der Waals surface area (Å²) in [6.45, 7) is 3.63. The molecule has 2 aromatic carbocycles. The minimum Gasteiger partial charge on any atom is -0.438 e. The number of rotatable bonds is 5. The lowest BCUT2D eigenvalue weighted by Gasteiger charge is -2.34. The van der Waals surface area contributed by atoms with Gasteiger partial charge in [0.05, 0.1) is 16.2 Å². The van der Waals surface area contributed by atoms with Crippen LogP contribution in [0.4, 0.5) is 10.3 Å². The number of hydrogen-bond donors (Lipinski definition) is 0. The molecule has 1 aromatic heterocycles. The van der Waals surface area contributed by atoms with Gasteiger partial charge in [-0.2, -0.15) is 9.29 Å². The van der Waals surface area contributed by atoms with Crippen LogP contribution in [0.3, 0.4) is 0 Å². The molecule has 0 unspecified atom stereocenters. The van der Waals surface area contributed by atoms with E-state index in [-0.39, 0.29) is 29.6 Å². The molecule has 11 heteroatoms. The SMILES string of the molecule is CN1CCN(c2nc3c(c(Oc4cccc(F)c4)n2)CN(S(=O)(=O)c2ccc(Cl)cc2)CC3)CC1. The summed E-state index contributed by atoms with van der Waals surface area (Å²) in [5, 5.41) is 0.462. The fourth-order valence-corrected chi connectivity index (χ4v) is 5.72. The molecule has 0 radical (unpaired) electrons. The molecule has 0 spiro atoms. The van der Waals surface area contributed by atoms with Gasteiger partial charge in [-0.15, -0.1) is 0 Å². The highest BCUT2D eigenvalue weighted by Crippen LogP contribution is 2.34. The van der Waals surface area contributed by atoms with Gasteiger partial charge in [0.2, 0.25) is 21.9 Å². The third-order valence-electron chi connectivity index (χ3n) is 6.22. The van der Waals surface area contributed by atoms with Crippen LogP contribution in [0.1, 0.15) is 11.3 Å². The highest BCUT2D eigenvalue weighted by Gasteiger charge is 2.33. The Morgan fingerprint density at radius 2 is 1.74 bits per heavy atom. The maximum atomic E-state index is 13.8. The third-order valence-corrected chi connectivity index (χ3v) is 8.33. The van der Waals surface area contributed by atoms with E-state index in [9.17, 15) is 12.8 Å². The Balaban J connectivity index is 1.51. The number of piperazine rings is 1. The molecule has 0 bridgehead atoms. The topological polar surface area (TPSA) is 78.9 Å². The second kappa shape index (κ2) is 9.69. The summed E-state index contributed by atoms with van der Waals surface area (Å²) in [5.41, 5.74) is 1.32. The minimum atomic E-state index is -3.77. The highest BCUT2D eigenvalue weighted by molar-refractivity contribution is 7.89. The molecule has 3 aromatic rings. The summed E-state index contributed by atoms with van der Waals surface area (Å²) >= 11 is 5.94. The fourth-order valence-electron chi connectivity index (χ4n) is 4.18. The van der Waals surface area contributed by atoms with E-state index < -0.39 is 15.8 Å². The van der Waals surface area contributed by atoms with Gasteiger partial charge in [-0.1, -0.05) is 17.7 Å². The Kier molecular flexibility index (Phi) is 6.63. The zero-order valence-electron chi connectivity index (χ0n) is 19.2. The van der Waals surface area contributed by atoms with Gasteiger partial charge in [0.25, 0.3) is 0 Å². The lowest BCUT2D eigenvalue weighted by Crippen LogP contribution is -2.45. The lowest BCUT2D eigenvalue weighted by atomic mass is 10.1. The molecule has 8 nitrogen and oxygen atoms in total. The largest absolute Gasteiger partial charge is 0.438 e. The molecular formula is C24H25ClFN5O3S. The summed E-state index contributed by atoms with van der Waals surface area (Å²) in [6.07, 6.45) is 0.408. The molecule has 184 valence electrons. The van der Waals surface area contributed by atoms with Crippen molar-refractivity contribution in [2.24, 2.45) is 0 Å². The molecule has 5 rings (SSSR count). The monoisotopic (exact) mass is 517 g/mol. The van der Waals surface area contributed by atoms with E-state index in [1.54, 1.807) is 24.3 Å². The van der Waals surface area contributed by atoms with Gasteiger partial charge >= 0.3 is 0 Å². The summed E-state index contributed by atoms with van der Waals surface area (Å²) in [6, 6.07) is 11.9. The Morgan fingerprint density at radius 1 is 1.00 bits per heavy atom. The molecule has 35 heavy (non-hydrogen) atoms. The average molecular weight is 518 g/mol. The van der Waals surface area contributed by atoms with Gasteiger partial charge in [-0.25, -0.2) is 17.8 Å². The molecule has 3 heterocycles. The van der Waals surface area contributed by atoms with Crippen LogP contribution >= 0.6 is 11.6 Å². The van der Waals surface area contributed by atoms with Crippen molar-refractivity contribution in [2.75, 3.05) is 44.7 Å². The number of benzene rings is 2. The van der Waals surface area contributed by atoms with Crippen LogP contribution in [-0.4, -0.2) is 67.4 Å². The van der Waals surface area contributed by atoms with Crippen LogP contribution in [0, 0.1) is 5.82 Å². The van der Waals surface area contributed by atoms with Gasteiger partial charge in [0.1, 0.15) is 11.6 Å². The zero-order chi connectivity index (χ0) is 24.6. The molecule has 2 aliphatic heterocycles. The van der Waals surface area contributed by atoms with Crippen LogP contribution in [-0.2, 0) is 23.0 Å². The molecular weight excluding hydrogens is 493 g/mol. The number of aromatic nitrogens is 2. The minimum absolute atomic E-state index is 0.0496. The van der Waals surface area contributed by atoms with Crippen molar-refractivity contribution in [1.29, 1.82) is 0 Å². The Hall–Kier alpha value is -2.79. The summed E-state index contributed by atoms with van der Waals surface area (Å²) in [7, 11) is -1.70. The fraction of sp³-hybridized carbons (Fsp3) is 0.333. The van der Waals surface area contributed by atoms with E-state index in [4.69, 9.17) is 21.3 Å². The van der Waals surface area contributed by atoms with Crippen LogP contribution < -0.4 is 9.64 Å². The number of hydrogen-bond acceptors (Lipinski definition) is 7. The van der Waals surface area contributed by atoms with Crippen molar-refractivity contribution in [3.63, 3.8) is 0 Å². The zero-order valence-corrected chi connectivity index (χ0v) is 20.8. The predicted octanol–water partition coefficient (Wildman–Crippen LogP) is 3.56. The first-order valence-electron chi connectivity index (χ1n) is 11.3. The standard InChI is InChI=1S/C24H25ClFN5O3S/c1-29-11-13-30(14-12-29)24-27-22-9-10-31(35(32,33)20-7-5-17(25)6-8-20)16-21(22)23(28-24)34-19-4-2-3-18(26)15-19/h2-8,15H,9-14,16H2,1H3. The Morgan fingerprint density at radius 3 is 2.46 bits per heavy atom. The van der Waals surface area contributed by atoms with E-state index in [2.05, 4.69) is 21.8 Å². The lowest BCUT2D eigenvalue weighted by molar-refractivity contribution is 0.310. The van der Waals surface area contributed by atoms with Crippen molar-refractivity contribution < 1.29 is 17.5 Å². The summed E-state index contributed by atoms with van der Waals surface area (Å²) < 4.78 is 47.9. The van der Waals surface area contributed by atoms with Crippen molar-refractivity contribution >= 4 is 27.6 Å². The van der Waals surface area contributed by atoms with Crippen molar-refractivity contribution in [2.45, 2.75) is 17.9 Å². The molecule has 0 atom stereocenters. The van der Waals surface area contributed by atoms with E-state index in [0.29, 0.717) is 23.0 Å². The smallest absolute Gasteiger partial charge is 0.243 e. The van der Waals surface area contributed by atoms with Crippen LogP contribution in [0.15, 0.2) is 53.4 Å². The van der Waals surface area contributed by atoms with Crippen LogP contribution in [0.2, 0.25) is 5.02 Å². The predicted molar refractivity (Wildman–Crippen MR) is 131 cm³/mol. The first kappa shape index (κ1) is 23.9. The van der Waals surface area contributed by atoms with Gasteiger partial charge in [0.15, 0.2) is 0 Å². The molecule has 2 aliphatic rings. The van der Waals surface area contributed by atoms with Crippen molar-refractivity contribution in [1.82, 2.24) is 19.2 Å². The van der Waals surface area contributed by atoms with E-state index in [1.807, 2.05) is 0 Å². The maximum Gasteiger partial charge on any atom is 0.243 e. The molecule has 1 saturated heterocycles. The van der Waals surface area contributed by atoms with E-state index in [0.717, 1.165) is 31.9 Å². The summed E-state index contributed by atoms with van der Waals surface area (Å²) in [4.78, 5) is 13.9. The van der Waals surface area contributed by atoms with E-state index in [1.165, 1.54) is 28.6 Å². The average Bonchev–Trinajstić information content (AvgIpc) is 2.84. The second-order valence-corrected chi connectivity index (χ2v) is 11.0.